The van der Waals surface area contributed by atoms with Gasteiger partial charge < -0.3 is 16.4 Å². The fourth-order valence-electron chi connectivity index (χ4n) is 2.74. The summed E-state index contributed by atoms with van der Waals surface area (Å²) in [6.07, 6.45) is -0.692. The highest BCUT2D eigenvalue weighted by atomic mass is 32.2. The SMILES string of the molecule is CN(c1nccnc1CNc1nc(Nc2cccc(C(N)=O)c2)ncc1C(F)(F)F)S(C)(=O)=O. The summed E-state index contributed by atoms with van der Waals surface area (Å²) in [6, 6.07) is 5.94. The zero-order valence-electron chi connectivity index (χ0n) is 17.8. The summed E-state index contributed by atoms with van der Waals surface area (Å²) in [5, 5.41) is 5.24. The van der Waals surface area contributed by atoms with Gasteiger partial charge in [-0.2, -0.15) is 18.2 Å². The molecule has 0 radical (unpaired) electrons. The number of nitrogens with one attached hydrogen (secondary N) is 2. The summed E-state index contributed by atoms with van der Waals surface area (Å²) in [4.78, 5) is 26.9. The number of anilines is 4. The molecular weight excluding hydrogens is 477 g/mol. The number of nitrogens with zero attached hydrogens (tertiary/aromatic N) is 5. The van der Waals surface area contributed by atoms with Gasteiger partial charge in [0.2, 0.25) is 21.9 Å². The Balaban J connectivity index is 1.92. The molecule has 0 aliphatic carbocycles. The molecule has 0 unspecified atom stereocenters. The molecule has 0 saturated carbocycles. The van der Waals surface area contributed by atoms with Crippen LogP contribution in [0.1, 0.15) is 21.6 Å². The van der Waals surface area contributed by atoms with Gasteiger partial charge in [-0.05, 0) is 18.2 Å². The van der Waals surface area contributed by atoms with Crippen LogP contribution in [-0.2, 0) is 22.7 Å². The third-order valence-corrected chi connectivity index (χ3v) is 5.64. The van der Waals surface area contributed by atoms with Crippen LogP contribution in [0.2, 0.25) is 0 Å². The molecule has 2 heterocycles. The van der Waals surface area contributed by atoms with Crippen molar-refractivity contribution in [3.8, 4) is 0 Å². The summed E-state index contributed by atoms with van der Waals surface area (Å²) in [5.41, 5.74) is 4.67. The molecule has 0 atom stereocenters. The minimum absolute atomic E-state index is 0.0540. The highest BCUT2D eigenvalue weighted by Crippen LogP contribution is 2.34. The fourth-order valence-corrected chi connectivity index (χ4v) is 3.20. The Morgan fingerprint density at radius 1 is 1.18 bits per heavy atom. The van der Waals surface area contributed by atoms with E-state index in [1.807, 2.05) is 0 Å². The lowest BCUT2D eigenvalue weighted by Gasteiger charge is -2.19. The molecule has 180 valence electrons. The van der Waals surface area contributed by atoms with Gasteiger partial charge in [0.25, 0.3) is 0 Å². The molecule has 15 heteroatoms. The Morgan fingerprint density at radius 2 is 1.88 bits per heavy atom. The zero-order chi connectivity index (χ0) is 25.1. The van der Waals surface area contributed by atoms with E-state index in [9.17, 15) is 26.4 Å². The number of benzene rings is 1. The van der Waals surface area contributed by atoms with Crippen LogP contribution in [0, 0.1) is 0 Å². The zero-order valence-corrected chi connectivity index (χ0v) is 18.6. The lowest BCUT2D eigenvalue weighted by atomic mass is 10.2. The van der Waals surface area contributed by atoms with E-state index >= 15 is 0 Å². The van der Waals surface area contributed by atoms with Gasteiger partial charge in [0.1, 0.15) is 17.1 Å². The summed E-state index contributed by atoms with van der Waals surface area (Å²) in [7, 11) is -2.44. The molecule has 0 aliphatic rings. The number of halogens is 3. The minimum Gasteiger partial charge on any atom is -0.366 e. The lowest BCUT2D eigenvalue weighted by Crippen LogP contribution is -2.27. The van der Waals surface area contributed by atoms with Crippen LogP contribution in [-0.4, -0.2) is 47.6 Å². The Bertz CT molecular complexity index is 1320. The number of rotatable bonds is 8. The summed E-state index contributed by atoms with van der Waals surface area (Å²) in [5.74, 6) is -1.50. The molecule has 34 heavy (non-hydrogen) atoms. The van der Waals surface area contributed by atoms with Gasteiger partial charge in [-0.15, -0.1) is 0 Å². The van der Waals surface area contributed by atoms with Gasteiger partial charge in [-0.1, -0.05) is 6.07 Å². The van der Waals surface area contributed by atoms with E-state index in [-0.39, 0.29) is 29.6 Å². The monoisotopic (exact) mass is 496 g/mol. The van der Waals surface area contributed by atoms with Gasteiger partial charge in [0, 0.05) is 36.9 Å². The van der Waals surface area contributed by atoms with Crippen molar-refractivity contribution in [3.05, 3.63) is 59.7 Å². The predicted octanol–water partition coefficient (Wildman–Crippen LogP) is 2.14. The second kappa shape index (κ2) is 9.46. The van der Waals surface area contributed by atoms with E-state index in [1.54, 1.807) is 6.07 Å². The smallest absolute Gasteiger partial charge is 0.366 e. The van der Waals surface area contributed by atoms with E-state index in [4.69, 9.17) is 5.73 Å². The first-order valence-electron chi connectivity index (χ1n) is 9.45. The van der Waals surface area contributed by atoms with Gasteiger partial charge in [-0.25, -0.2) is 18.4 Å². The number of amides is 1. The fraction of sp³-hybridized carbons (Fsp3) is 0.211. The predicted molar refractivity (Wildman–Crippen MR) is 118 cm³/mol. The average molecular weight is 496 g/mol. The van der Waals surface area contributed by atoms with Crippen molar-refractivity contribution in [3.63, 3.8) is 0 Å². The van der Waals surface area contributed by atoms with Gasteiger partial charge in [0.15, 0.2) is 5.82 Å². The standard InChI is InChI=1S/C19H19F3N8O3S/c1-30(34(2,32)33)17-14(24-6-7-25-17)10-26-16-13(19(20,21)22)9-27-18(29-16)28-12-5-3-4-11(8-12)15(23)31/h3-9H,10H2,1-2H3,(H2,23,31)(H2,26,27,28,29). The maximum absolute atomic E-state index is 13.5. The van der Waals surface area contributed by atoms with Crippen molar-refractivity contribution in [1.82, 2.24) is 19.9 Å². The largest absolute Gasteiger partial charge is 0.421 e. The minimum atomic E-state index is -4.78. The highest BCUT2D eigenvalue weighted by molar-refractivity contribution is 7.92. The number of nitrogens with two attached hydrogens (primary N) is 1. The van der Waals surface area contributed by atoms with E-state index in [1.165, 1.54) is 37.6 Å². The van der Waals surface area contributed by atoms with E-state index in [0.717, 1.165) is 10.6 Å². The Labute approximate surface area is 192 Å². The van der Waals surface area contributed by atoms with Crippen LogP contribution in [0.3, 0.4) is 0 Å². The number of hydrogen-bond donors (Lipinski definition) is 3. The van der Waals surface area contributed by atoms with Gasteiger partial charge in [0.05, 0.1) is 12.8 Å². The summed E-state index contributed by atoms with van der Waals surface area (Å²) in [6.45, 7) is -0.320. The van der Waals surface area contributed by atoms with E-state index in [0.29, 0.717) is 11.9 Å². The second-order valence-electron chi connectivity index (χ2n) is 6.93. The molecule has 0 saturated heterocycles. The quantitative estimate of drug-likeness (QED) is 0.425. The lowest BCUT2D eigenvalue weighted by molar-refractivity contribution is -0.137. The van der Waals surface area contributed by atoms with Crippen LogP contribution in [0.4, 0.5) is 36.4 Å². The molecule has 3 aromatic rings. The van der Waals surface area contributed by atoms with Crippen LogP contribution < -0.4 is 20.7 Å². The van der Waals surface area contributed by atoms with E-state index in [2.05, 4.69) is 30.6 Å². The van der Waals surface area contributed by atoms with Crippen LogP contribution in [0.15, 0.2) is 42.9 Å². The first-order valence-corrected chi connectivity index (χ1v) is 11.3. The summed E-state index contributed by atoms with van der Waals surface area (Å²) >= 11 is 0. The summed E-state index contributed by atoms with van der Waals surface area (Å²) < 4.78 is 65.2. The number of primary amides is 1. The third-order valence-electron chi connectivity index (χ3n) is 4.47. The molecule has 1 amide bonds. The third kappa shape index (κ3) is 5.86. The Hall–Kier alpha value is -4.01. The number of hydrogen-bond acceptors (Lipinski definition) is 9. The number of aromatic nitrogens is 4. The average Bonchev–Trinajstić information content (AvgIpc) is 2.76. The van der Waals surface area contributed by atoms with Crippen molar-refractivity contribution in [2.75, 3.05) is 28.2 Å². The van der Waals surface area contributed by atoms with Crippen LogP contribution in [0.25, 0.3) is 0 Å². The maximum Gasteiger partial charge on any atom is 0.421 e. The first kappa shape index (κ1) is 24.6. The number of sulfonamides is 1. The van der Waals surface area contributed by atoms with Crippen LogP contribution in [0.5, 0.6) is 0 Å². The molecule has 2 aromatic heterocycles. The van der Waals surface area contributed by atoms with Crippen molar-refractivity contribution >= 4 is 39.2 Å². The van der Waals surface area contributed by atoms with Crippen molar-refractivity contribution in [1.29, 1.82) is 0 Å². The molecule has 4 N–H and O–H groups in total. The maximum atomic E-state index is 13.5. The molecule has 3 rings (SSSR count). The molecule has 11 nitrogen and oxygen atoms in total. The molecule has 0 bridgehead atoms. The Kier molecular flexibility index (Phi) is 6.85. The van der Waals surface area contributed by atoms with Gasteiger partial charge in [-0.3, -0.25) is 14.1 Å². The first-order chi connectivity index (χ1) is 15.9. The highest BCUT2D eigenvalue weighted by Gasteiger charge is 2.35. The topological polar surface area (TPSA) is 156 Å². The Morgan fingerprint density at radius 3 is 2.53 bits per heavy atom. The second-order valence-corrected chi connectivity index (χ2v) is 8.95. The van der Waals surface area contributed by atoms with Gasteiger partial charge >= 0.3 is 6.18 Å². The van der Waals surface area contributed by atoms with Crippen molar-refractivity contribution < 1.29 is 26.4 Å². The van der Waals surface area contributed by atoms with Crippen LogP contribution >= 0.6 is 0 Å². The molecular formula is C19H19F3N8O3S. The molecule has 0 spiro atoms. The van der Waals surface area contributed by atoms with Crippen molar-refractivity contribution in [2.24, 2.45) is 5.73 Å². The number of alkyl halides is 3. The normalized spacial score (nSPS) is 11.7. The molecule has 1 aromatic carbocycles. The number of carbonyl (C=O) groups excluding carboxylic acids is 1. The van der Waals surface area contributed by atoms with Crippen molar-refractivity contribution in [2.45, 2.75) is 12.7 Å². The molecule has 0 aliphatic heterocycles. The van der Waals surface area contributed by atoms with E-state index < -0.39 is 33.5 Å². The molecule has 0 fully saturated rings. The number of carbonyl (C=O) groups is 1.